The lowest BCUT2D eigenvalue weighted by molar-refractivity contribution is -0.131. The fraction of sp³-hybridized carbons (Fsp3) is 1.00. The Hall–Kier alpha value is -0.480. The average Bonchev–Trinajstić information content (AvgIpc) is 2.69. The lowest BCUT2D eigenvalue weighted by Crippen LogP contribution is -2.53. The topological polar surface area (TPSA) is 215 Å². The van der Waals surface area contributed by atoms with E-state index >= 15 is 0 Å². The van der Waals surface area contributed by atoms with Crippen LogP contribution in [0, 0.1) is 0 Å². The van der Waals surface area contributed by atoms with Crippen LogP contribution >= 0.6 is 0 Å². The second kappa shape index (κ2) is 14.5. The Morgan fingerprint density at radius 1 is 0.621 bits per heavy atom. The molecule has 0 bridgehead atoms. The molecule has 176 valence electrons. The SMILES string of the molecule is CC(C)OCCN(C[C@@H](O)[C@@H](O)[C@H](O)[C@H](O)CO)C[C@@H](O)[C@@H](O)[C@H](O)[C@H](O)CO. The number of hydrogen-bond acceptors (Lipinski definition) is 12. The lowest BCUT2D eigenvalue weighted by atomic mass is 10.0. The van der Waals surface area contributed by atoms with Crippen LogP contribution < -0.4 is 0 Å². The maximum Gasteiger partial charge on any atom is 0.111 e. The lowest BCUT2D eigenvalue weighted by Gasteiger charge is -2.33. The third-order valence-corrected chi connectivity index (χ3v) is 4.40. The summed E-state index contributed by atoms with van der Waals surface area (Å²) in [7, 11) is 0. The Bertz CT molecular complexity index is 387. The minimum absolute atomic E-state index is 0.106. The Balaban J connectivity index is 5.04. The van der Waals surface area contributed by atoms with E-state index in [-0.39, 0.29) is 32.3 Å². The smallest absolute Gasteiger partial charge is 0.111 e. The molecular weight excluding hydrogens is 394 g/mol. The van der Waals surface area contributed by atoms with Gasteiger partial charge >= 0.3 is 0 Å². The molecule has 12 heteroatoms. The van der Waals surface area contributed by atoms with Crippen LogP contribution in [-0.2, 0) is 4.74 Å². The van der Waals surface area contributed by atoms with Gasteiger partial charge in [-0.05, 0) is 13.8 Å². The highest BCUT2D eigenvalue weighted by atomic mass is 16.5. The molecule has 12 nitrogen and oxygen atoms in total. The Kier molecular flexibility index (Phi) is 14.3. The van der Waals surface area contributed by atoms with Crippen molar-refractivity contribution in [2.75, 3.05) is 39.5 Å². The van der Waals surface area contributed by atoms with E-state index in [0.717, 1.165) is 0 Å². The Morgan fingerprint density at radius 3 is 1.28 bits per heavy atom. The molecular formula is C17H37NO11. The van der Waals surface area contributed by atoms with E-state index in [1.165, 1.54) is 4.90 Å². The summed E-state index contributed by atoms with van der Waals surface area (Å²) in [5, 5.41) is 96.0. The third-order valence-electron chi connectivity index (χ3n) is 4.40. The Morgan fingerprint density at radius 2 is 0.966 bits per heavy atom. The highest BCUT2D eigenvalue weighted by molar-refractivity contribution is 4.86. The second-order valence-corrected chi connectivity index (χ2v) is 7.28. The van der Waals surface area contributed by atoms with E-state index in [2.05, 4.69) is 0 Å². The number of rotatable bonds is 16. The van der Waals surface area contributed by atoms with Crippen molar-refractivity contribution in [2.45, 2.75) is 68.8 Å². The van der Waals surface area contributed by atoms with Gasteiger partial charge in [0.2, 0.25) is 0 Å². The molecule has 0 heterocycles. The van der Waals surface area contributed by atoms with Crippen LogP contribution in [0.4, 0.5) is 0 Å². The van der Waals surface area contributed by atoms with Crippen molar-refractivity contribution in [1.29, 1.82) is 0 Å². The molecule has 0 saturated carbocycles. The molecule has 0 rings (SSSR count). The predicted octanol–water partition coefficient (Wildman–Crippen LogP) is -5.41. The maximum atomic E-state index is 10.1. The first-order valence-electron chi connectivity index (χ1n) is 9.46. The average molecular weight is 431 g/mol. The zero-order valence-electron chi connectivity index (χ0n) is 16.8. The van der Waals surface area contributed by atoms with Gasteiger partial charge in [-0.1, -0.05) is 0 Å². The van der Waals surface area contributed by atoms with Crippen molar-refractivity contribution in [3.05, 3.63) is 0 Å². The number of ether oxygens (including phenoxy) is 1. The van der Waals surface area contributed by atoms with E-state index in [1.807, 2.05) is 0 Å². The van der Waals surface area contributed by atoms with Crippen LogP contribution in [-0.4, -0.2) is 150 Å². The van der Waals surface area contributed by atoms with Gasteiger partial charge < -0.3 is 55.8 Å². The van der Waals surface area contributed by atoms with Gasteiger partial charge in [-0.3, -0.25) is 4.90 Å². The van der Waals surface area contributed by atoms with Crippen LogP contribution in [0.5, 0.6) is 0 Å². The first kappa shape index (κ1) is 28.5. The monoisotopic (exact) mass is 431 g/mol. The summed E-state index contributed by atoms with van der Waals surface area (Å²) in [4.78, 5) is 1.38. The summed E-state index contributed by atoms with van der Waals surface area (Å²) in [6.45, 7) is 1.58. The van der Waals surface area contributed by atoms with Crippen molar-refractivity contribution in [3.8, 4) is 0 Å². The number of aliphatic hydroxyl groups excluding tert-OH is 10. The minimum Gasteiger partial charge on any atom is -0.394 e. The van der Waals surface area contributed by atoms with Crippen LogP contribution in [0.15, 0.2) is 0 Å². The third kappa shape index (κ3) is 10.4. The van der Waals surface area contributed by atoms with Crippen LogP contribution in [0.2, 0.25) is 0 Å². The molecule has 0 aromatic heterocycles. The maximum absolute atomic E-state index is 10.1. The highest BCUT2D eigenvalue weighted by Crippen LogP contribution is 2.11. The first-order chi connectivity index (χ1) is 13.5. The van der Waals surface area contributed by atoms with Crippen molar-refractivity contribution in [3.63, 3.8) is 0 Å². The van der Waals surface area contributed by atoms with Gasteiger partial charge in [0.15, 0.2) is 0 Å². The molecule has 8 atom stereocenters. The van der Waals surface area contributed by atoms with Gasteiger partial charge in [0.1, 0.15) is 36.6 Å². The van der Waals surface area contributed by atoms with Gasteiger partial charge in [-0.25, -0.2) is 0 Å². The van der Waals surface area contributed by atoms with Crippen LogP contribution in [0.25, 0.3) is 0 Å². The normalized spacial score (nSPS) is 20.9. The van der Waals surface area contributed by atoms with Crippen molar-refractivity contribution in [1.82, 2.24) is 4.90 Å². The van der Waals surface area contributed by atoms with Gasteiger partial charge in [-0.15, -0.1) is 0 Å². The molecule has 0 spiro atoms. The Labute approximate surface area is 169 Å². The summed E-state index contributed by atoms with van der Waals surface area (Å²) >= 11 is 0. The highest BCUT2D eigenvalue weighted by Gasteiger charge is 2.34. The van der Waals surface area contributed by atoms with Crippen LogP contribution in [0.3, 0.4) is 0 Å². The molecule has 0 aliphatic rings. The fourth-order valence-corrected chi connectivity index (χ4v) is 2.55. The molecule has 0 amide bonds. The van der Waals surface area contributed by atoms with Gasteiger partial charge in [0.25, 0.3) is 0 Å². The van der Waals surface area contributed by atoms with Crippen molar-refractivity contribution < 1.29 is 55.8 Å². The minimum atomic E-state index is -1.82. The molecule has 10 N–H and O–H groups in total. The van der Waals surface area contributed by atoms with E-state index in [9.17, 15) is 40.9 Å². The largest absolute Gasteiger partial charge is 0.394 e. The number of nitrogens with zero attached hydrogens (tertiary/aromatic N) is 1. The van der Waals surface area contributed by atoms with E-state index in [0.29, 0.717) is 0 Å². The van der Waals surface area contributed by atoms with Crippen molar-refractivity contribution >= 4 is 0 Å². The molecule has 0 aliphatic heterocycles. The standard InChI is InChI=1S/C17H37NO11/c1-9(2)29-4-3-18(5-10(21)14(25)16(27)12(23)7-19)6-11(22)15(26)17(28)13(24)8-20/h9-17,19-28H,3-8H2,1-2H3/t10-,11-,12-,13-,14-,15-,16-,17-/m1/s1. The fourth-order valence-electron chi connectivity index (χ4n) is 2.55. The zero-order valence-corrected chi connectivity index (χ0v) is 16.8. The van der Waals surface area contributed by atoms with Gasteiger partial charge in [0.05, 0.1) is 38.1 Å². The summed E-state index contributed by atoms with van der Waals surface area (Å²) < 4.78 is 5.39. The van der Waals surface area contributed by atoms with E-state index in [1.54, 1.807) is 13.8 Å². The first-order valence-corrected chi connectivity index (χ1v) is 9.46. The molecule has 0 unspecified atom stereocenters. The molecule has 0 radical (unpaired) electrons. The number of aliphatic hydroxyl groups is 10. The second-order valence-electron chi connectivity index (χ2n) is 7.28. The molecule has 0 aromatic carbocycles. The molecule has 0 saturated heterocycles. The summed E-state index contributed by atoms with van der Waals surface area (Å²) in [6.07, 6.45) is -13.9. The molecule has 0 aliphatic carbocycles. The molecule has 29 heavy (non-hydrogen) atoms. The van der Waals surface area contributed by atoms with Gasteiger partial charge in [0, 0.05) is 19.6 Å². The molecule has 0 aromatic rings. The van der Waals surface area contributed by atoms with Crippen LogP contribution in [0.1, 0.15) is 13.8 Å². The summed E-state index contributed by atoms with van der Waals surface area (Å²) in [5.41, 5.74) is 0. The summed E-state index contributed by atoms with van der Waals surface area (Å²) in [5.74, 6) is 0. The molecule has 0 fully saturated rings. The predicted molar refractivity (Wildman–Crippen MR) is 99.8 cm³/mol. The van der Waals surface area contributed by atoms with Crippen molar-refractivity contribution in [2.24, 2.45) is 0 Å². The van der Waals surface area contributed by atoms with E-state index in [4.69, 9.17) is 14.9 Å². The summed E-state index contributed by atoms with van der Waals surface area (Å²) in [6, 6.07) is 0. The number of hydrogen-bond donors (Lipinski definition) is 10. The van der Waals surface area contributed by atoms with E-state index < -0.39 is 62.0 Å². The van der Waals surface area contributed by atoms with Gasteiger partial charge in [-0.2, -0.15) is 0 Å². The quantitative estimate of drug-likeness (QED) is 0.111. The zero-order chi connectivity index (χ0) is 22.7.